The van der Waals surface area contributed by atoms with Gasteiger partial charge < -0.3 is 5.32 Å². The van der Waals surface area contributed by atoms with Crippen LogP contribution in [0.4, 0.5) is 5.69 Å². The zero-order valence-electron chi connectivity index (χ0n) is 11.1. The van der Waals surface area contributed by atoms with Crippen molar-refractivity contribution in [3.8, 4) is 11.1 Å². The highest BCUT2D eigenvalue weighted by atomic mass is 16.2. The number of anilines is 1. The molecule has 1 N–H and O–H groups in total. The number of rotatable bonds is 1. The summed E-state index contributed by atoms with van der Waals surface area (Å²) >= 11 is 0. The minimum absolute atomic E-state index is 0.449. The summed E-state index contributed by atoms with van der Waals surface area (Å²) in [5.74, 6) is -1.02. The van der Waals surface area contributed by atoms with Crippen LogP contribution < -0.4 is 5.32 Å². The van der Waals surface area contributed by atoms with Crippen LogP contribution in [-0.2, 0) is 4.79 Å². The van der Waals surface area contributed by atoms with Crippen LogP contribution in [0.5, 0.6) is 0 Å². The second kappa shape index (κ2) is 4.28. The number of ketones is 1. The molecule has 4 rings (SSSR count). The summed E-state index contributed by atoms with van der Waals surface area (Å²) in [6.45, 7) is 0. The van der Waals surface area contributed by atoms with Crippen LogP contribution in [0.1, 0.15) is 10.4 Å². The Morgan fingerprint density at radius 1 is 0.667 bits per heavy atom. The molecule has 1 amide bonds. The van der Waals surface area contributed by atoms with E-state index in [9.17, 15) is 9.59 Å². The van der Waals surface area contributed by atoms with E-state index in [1.165, 1.54) is 0 Å². The molecule has 0 atom stereocenters. The van der Waals surface area contributed by atoms with Crippen molar-refractivity contribution in [2.75, 3.05) is 5.32 Å². The Labute approximate surface area is 121 Å². The predicted molar refractivity (Wildman–Crippen MR) is 82.3 cm³/mol. The smallest absolute Gasteiger partial charge is 0.296 e. The third kappa shape index (κ3) is 1.68. The zero-order chi connectivity index (χ0) is 14.4. The number of carbonyl (C=O) groups excluding carboxylic acids is 2. The highest BCUT2D eigenvalue weighted by Crippen LogP contribution is 2.37. The summed E-state index contributed by atoms with van der Waals surface area (Å²) in [7, 11) is 0. The van der Waals surface area contributed by atoms with Crippen LogP contribution in [0.2, 0.25) is 0 Å². The third-order valence-electron chi connectivity index (χ3n) is 3.83. The minimum atomic E-state index is -0.558. The van der Waals surface area contributed by atoms with Crippen LogP contribution in [0, 0.1) is 0 Å². The second-order valence-corrected chi connectivity index (χ2v) is 5.04. The fraction of sp³-hybridized carbons (Fsp3) is 0. The summed E-state index contributed by atoms with van der Waals surface area (Å²) in [4.78, 5) is 23.4. The average Bonchev–Trinajstić information content (AvgIpc) is 2.82. The van der Waals surface area contributed by atoms with Gasteiger partial charge in [-0.15, -0.1) is 0 Å². The van der Waals surface area contributed by atoms with Gasteiger partial charge in [-0.2, -0.15) is 0 Å². The van der Waals surface area contributed by atoms with Gasteiger partial charge in [0.2, 0.25) is 0 Å². The average molecular weight is 273 g/mol. The van der Waals surface area contributed by atoms with E-state index in [4.69, 9.17) is 0 Å². The molecule has 0 aromatic heterocycles. The molecular weight excluding hydrogens is 262 g/mol. The molecule has 1 aliphatic heterocycles. The topological polar surface area (TPSA) is 46.2 Å². The lowest BCUT2D eigenvalue weighted by Gasteiger charge is -2.10. The molecule has 3 nitrogen and oxygen atoms in total. The van der Waals surface area contributed by atoms with Crippen LogP contribution in [0.15, 0.2) is 60.7 Å². The highest BCUT2D eigenvalue weighted by molar-refractivity contribution is 6.52. The molecule has 0 saturated carbocycles. The quantitative estimate of drug-likeness (QED) is 0.688. The van der Waals surface area contributed by atoms with Crippen molar-refractivity contribution in [1.82, 2.24) is 0 Å². The van der Waals surface area contributed by atoms with Crippen molar-refractivity contribution < 1.29 is 9.59 Å². The molecule has 0 fully saturated rings. The van der Waals surface area contributed by atoms with Crippen LogP contribution >= 0.6 is 0 Å². The highest BCUT2D eigenvalue weighted by Gasteiger charge is 2.30. The number of nitrogens with one attached hydrogen (secondary N) is 1. The number of fused-ring (bicyclic) bond motifs is 2. The van der Waals surface area contributed by atoms with Gasteiger partial charge in [-0.25, -0.2) is 0 Å². The number of hydrogen-bond donors (Lipinski definition) is 1. The Hall–Kier alpha value is -2.94. The first-order valence-electron chi connectivity index (χ1n) is 6.72. The van der Waals surface area contributed by atoms with E-state index in [-0.39, 0.29) is 0 Å². The van der Waals surface area contributed by atoms with Crippen molar-refractivity contribution in [2.24, 2.45) is 0 Å². The van der Waals surface area contributed by atoms with Crippen LogP contribution in [0.25, 0.3) is 21.9 Å². The molecule has 100 valence electrons. The van der Waals surface area contributed by atoms with Crippen molar-refractivity contribution in [3.05, 3.63) is 66.2 Å². The molecule has 3 aromatic rings. The SMILES string of the molecule is O=C1Nc2c(cccc2-c2cccc3ccccc23)C1=O. The van der Waals surface area contributed by atoms with E-state index in [1.54, 1.807) is 6.07 Å². The second-order valence-electron chi connectivity index (χ2n) is 5.04. The number of benzene rings is 3. The molecule has 0 radical (unpaired) electrons. The third-order valence-corrected chi connectivity index (χ3v) is 3.83. The number of para-hydroxylation sites is 1. The largest absolute Gasteiger partial charge is 0.318 e. The number of carbonyl (C=O) groups is 2. The first-order chi connectivity index (χ1) is 10.3. The molecule has 1 aliphatic rings. The van der Waals surface area contributed by atoms with Gasteiger partial charge in [-0.1, -0.05) is 54.6 Å². The number of amides is 1. The van der Waals surface area contributed by atoms with Crippen molar-refractivity contribution >= 4 is 28.2 Å². The Morgan fingerprint density at radius 3 is 2.24 bits per heavy atom. The molecule has 21 heavy (non-hydrogen) atoms. The normalized spacial score (nSPS) is 13.3. The molecule has 0 saturated heterocycles. The molecule has 1 heterocycles. The van der Waals surface area contributed by atoms with Gasteiger partial charge in [0.1, 0.15) is 0 Å². The van der Waals surface area contributed by atoms with E-state index in [0.717, 1.165) is 21.9 Å². The maximum absolute atomic E-state index is 11.8. The lowest BCUT2D eigenvalue weighted by Crippen LogP contribution is -2.12. The summed E-state index contributed by atoms with van der Waals surface area (Å²) in [5.41, 5.74) is 2.96. The summed E-state index contributed by atoms with van der Waals surface area (Å²) in [6, 6.07) is 19.5. The maximum atomic E-state index is 11.8. The van der Waals surface area contributed by atoms with E-state index in [2.05, 4.69) is 5.32 Å². The van der Waals surface area contributed by atoms with Gasteiger partial charge >= 0.3 is 0 Å². The predicted octanol–water partition coefficient (Wildman–Crippen LogP) is 3.64. The number of hydrogen-bond acceptors (Lipinski definition) is 2. The standard InChI is InChI=1S/C18H11NO2/c20-17-15-10-4-9-14(16(15)19-18(17)21)13-8-3-6-11-5-1-2-7-12(11)13/h1-10H,(H,19,20,21). The van der Waals surface area contributed by atoms with Gasteiger partial charge in [0.25, 0.3) is 11.7 Å². The van der Waals surface area contributed by atoms with Crippen molar-refractivity contribution in [2.45, 2.75) is 0 Å². The zero-order valence-corrected chi connectivity index (χ0v) is 11.1. The lowest BCUT2D eigenvalue weighted by atomic mass is 9.95. The molecule has 0 aliphatic carbocycles. The van der Waals surface area contributed by atoms with Crippen molar-refractivity contribution in [3.63, 3.8) is 0 Å². The van der Waals surface area contributed by atoms with Gasteiger partial charge in [-0.05, 0) is 22.4 Å². The van der Waals surface area contributed by atoms with E-state index >= 15 is 0 Å². The molecule has 0 spiro atoms. The van der Waals surface area contributed by atoms with Crippen LogP contribution in [0.3, 0.4) is 0 Å². The summed E-state index contributed by atoms with van der Waals surface area (Å²) in [6.07, 6.45) is 0. The van der Waals surface area contributed by atoms with E-state index < -0.39 is 11.7 Å². The summed E-state index contributed by atoms with van der Waals surface area (Å²) < 4.78 is 0. The Morgan fingerprint density at radius 2 is 1.33 bits per heavy atom. The molecule has 3 heteroatoms. The molecular formula is C18H11NO2. The Balaban J connectivity index is 2.04. The van der Waals surface area contributed by atoms with E-state index in [0.29, 0.717) is 11.3 Å². The van der Waals surface area contributed by atoms with Gasteiger partial charge in [0, 0.05) is 5.56 Å². The molecule has 0 bridgehead atoms. The van der Waals surface area contributed by atoms with Crippen molar-refractivity contribution in [1.29, 1.82) is 0 Å². The van der Waals surface area contributed by atoms with Gasteiger partial charge in [-0.3, -0.25) is 9.59 Å². The van der Waals surface area contributed by atoms with Gasteiger partial charge in [0.05, 0.1) is 11.3 Å². The fourth-order valence-corrected chi connectivity index (χ4v) is 2.85. The van der Waals surface area contributed by atoms with Crippen LogP contribution in [-0.4, -0.2) is 11.7 Å². The van der Waals surface area contributed by atoms with E-state index in [1.807, 2.05) is 54.6 Å². The Bertz CT molecular complexity index is 907. The Kier molecular flexibility index (Phi) is 2.42. The fourth-order valence-electron chi connectivity index (χ4n) is 2.85. The maximum Gasteiger partial charge on any atom is 0.296 e. The monoisotopic (exact) mass is 273 g/mol. The summed E-state index contributed by atoms with van der Waals surface area (Å²) in [5, 5.41) is 4.92. The first kappa shape index (κ1) is 11.9. The van der Waals surface area contributed by atoms with Gasteiger partial charge in [0.15, 0.2) is 0 Å². The molecule has 0 unspecified atom stereocenters. The lowest BCUT2D eigenvalue weighted by molar-refractivity contribution is -0.112. The first-order valence-corrected chi connectivity index (χ1v) is 6.72. The molecule has 3 aromatic carbocycles. The number of Topliss-reactive ketones (excluding diaryl/α,β-unsaturated/α-hetero) is 1. The minimum Gasteiger partial charge on any atom is -0.318 e.